The lowest BCUT2D eigenvalue weighted by molar-refractivity contribution is 0.825. The Morgan fingerprint density at radius 2 is 1.72 bits per heavy atom. The Balaban J connectivity index is 2.14. The van der Waals surface area contributed by atoms with Crippen LogP contribution in [0.15, 0.2) is 53.5 Å². The van der Waals surface area contributed by atoms with Crippen LogP contribution in [0.4, 0.5) is 0 Å². The van der Waals surface area contributed by atoms with Crippen LogP contribution in [0.1, 0.15) is 29.7 Å². The van der Waals surface area contributed by atoms with Crippen LogP contribution in [0, 0.1) is 6.92 Å². The molecule has 1 atom stereocenters. The molecule has 1 nitrogen and oxygen atoms in total. The van der Waals surface area contributed by atoms with Crippen molar-refractivity contribution in [2.75, 3.05) is 0 Å². The minimum absolute atomic E-state index is 0.0694. The van der Waals surface area contributed by atoms with Gasteiger partial charge < -0.3 is 0 Å². The Bertz CT molecular complexity index is 543. The van der Waals surface area contributed by atoms with Crippen molar-refractivity contribution in [2.24, 2.45) is 4.99 Å². The normalized spacial score (nSPS) is 12.8. The van der Waals surface area contributed by atoms with Gasteiger partial charge in [-0.25, -0.2) is 0 Å². The number of halogens is 1. The molecule has 0 saturated heterocycles. The molecule has 0 amide bonds. The van der Waals surface area contributed by atoms with Crippen LogP contribution < -0.4 is 0 Å². The van der Waals surface area contributed by atoms with Gasteiger partial charge in [0.25, 0.3) is 0 Å². The van der Waals surface area contributed by atoms with Crippen LogP contribution in [0.3, 0.4) is 0 Å². The highest BCUT2D eigenvalue weighted by Crippen LogP contribution is 2.24. The summed E-state index contributed by atoms with van der Waals surface area (Å²) in [6.45, 7) is 4.12. The molecule has 18 heavy (non-hydrogen) atoms. The highest BCUT2D eigenvalue weighted by molar-refractivity contribution is 6.31. The van der Waals surface area contributed by atoms with Crippen molar-refractivity contribution in [3.05, 3.63) is 70.2 Å². The van der Waals surface area contributed by atoms with E-state index in [1.807, 2.05) is 37.4 Å². The molecule has 0 aliphatic carbocycles. The van der Waals surface area contributed by atoms with Crippen molar-refractivity contribution >= 4 is 17.8 Å². The first-order chi connectivity index (χ1) is 8.66. The average Bonchev–Trinajstić information content (AvgIpc) is 2.38. The van der Waals surface area contributed by atoms with Gasteiger partial charge in [0.2, 0.25) is 0 Å². The average molecular weight is 258 g/mol. The molecule has 2 heteroatoms. The number of hydrogen-bond acceptors (Lipinski definition) is 1. The van der Waals surface area contributed by atoms with E-state index in [9.17, 15) is 0 Å². The first-order valence-corrected chi connectivity index (χ1v) is 6.39. The van der Waals surface area contributed by atoms with E-state index < -0.39 is 0 Å². The molecule has 0 aliphatic rings. The lowest BCUT2D eigenvalue weighted by atomic mass is 10.1. The highest BCUT2D eigenvalue weighted by atomic mass is 35.5. The van der Waals surface area contributed by atoms with Crippen LogP contribution in [-0.2, 0) is 0 Å². The zero-order chi connectivity index (χ0) is 13.0. The summed E-state index contributed by atoms with van der Waals surface area (Å²) in [5.41, 5.74) is 3.42. The lowest BCUT2D eigenvalue weighted by Gasteiger charge is -2.08. The minimum Gasteiger partial charge on any atom is -0.285 e. The number of nitrogens with zero attached hydrogens (tertiary/aromatic N) is 1. The summed E-state index contributed by atoms with van der Waals surface area (Å²) in [6.07, 6.45) is 1.90. The first-order valence-electron chi connectivity index (χ1n) is 6.01. The van der Waals surface area contributed by atoms with E-state index in [4.69, 9.17) is 11.6 Å². The second-order valence-electron chi connectivity index (χ2n) is 4.39. The molecule has 0 bridgehead atoms. The summed E-state index contributed by atoms with van der Waals surface area (Å²) in [5.74, 6) is 0. The van der Waals surface area contributed by atoms with E-state index in [0.717, 1.165) is 16.1 Å². The molecule has 2 rings (SSSR count). The third-order valence-corrected chi connectivity index (χ3v) is 3.22. The van der Waals surface area contributed by atoms with Crippen molar-refractivity contribution < 1.29 is 0 Å². The predicted octanol–water partition coefficient (Wildman–Crippen LogP) is 4.83. The van der Waals surface area contributed by atoms with E-state index in [1.165, 1.54) is 5.56 Å². The topological polar surface area (TPSA) is 12.4 Å². The van der Waals surface area contributed by atoms with E-state index in [-0.39, 0.29) is 6.04 Å². The standard InChI is InChI=1S/C16H16ClN/c1-12-7-9-14(10-8-12)11-18-13(2)15-5-3-4-6-16(15)17/h3-11,13H,1-2H3/b18-11-. The van der Waals surface area contributed by atoms with Crippen molar-refractivity contribution in [3.8, 4) is 0 Å². The molecular formula is C16H16ClN. The molecule has 0 radical (unpaired) electrons. The number of rotatable bonds is 3. The predicted molar refractivity (Wildman–Crippen MR) is 78.6 cm³/mol. The van der Waals surface area contributed by atoms with Gasteiger partial charge in [-0.15, -0.1) is 0 Å². The van der Waals surface area contributed by atoms with Crippen LogP contribution in [0.2, 0.25) is 5.02 Å². The third-order valence-electron chi connectivity index (χ3n) is 2.88. The maximum absolute atomic E-state index is 6.15. The van der Waals surface area contributed by atoms with Gasteiger partial charge in [0, 0.05) is 11.2 Å². The lowest BCUT2D eigenvalue weighted by Crippen LogP contribution is -1.92. The molecule has 0 saturated carbocycles. The Labute approximate surface area is 113 Å². The quantitative estimate of drug-likeness (QED) is 0.699. The van der Waals surface area contributed by atoms with E-state index in [0.29, 0.717) is 0 Å². The molecular weight excluding hydrogens is 242 g/mol. The van der Waals surface area contributed by atoms with Gasteiger partial charge in [0.1, 0.15) is 0 Å². The number of aryl methyl sites for hydroxylation is 1. The van der Waals surface area contributed by atoms with Crippen LogP contribution in [0.25, 0.3) is 0 Å². The molecule has 0 spiro atoms. The second-order valence-corrected chi connectivity index (χ2v) is 4.79. The third kappa shape index (κ3) is 3.21. The van der Waals surface area contributed by atoms with Crippen molar-refractivity contribution in [3.63, 3.8) is 0 Å². The fourth-order valence-corrected chi connectivity index (χ4v) is 2.04. The molecule has 0 aromatic heterocycles. The molecule has 2 aromatic rings. The Morgan fingerprint density at radius 3 is 2.39 bits per heavy atom. The molecule has 0 aliphatic heterocycles. The molecule has 0 heterocycles. The summed E-state index contributed by atoms with van der Waals surface area (Å²) in [6, 6.07) is 16.2. The zero-order valence-electron chi connectivity index (χ0n) is 10.6. The summed E-state index contributed by atoms with van der Waals surface area (Å²) in [7, 11) is 0. The van der Waals surface area contributed by atoms with Crippen molar-refractivity contribution in [2.45, 2.75) is 19.9 Å². The molecule has 0 N–H and O–H groups in total. The number of aliphatic imine (C=N–C) groups is 1. The fraction of sp³-hybridized carbons (Fsp3) is 0.188. The van der Waals surface area contributed by atoms with Crippen LogP contribution in [-0.4, -0.2) is 6.21 Å². The zero-order valence-corrected chi connectivity index (χ0v) is 11.4. The van der Waals surface area contributed by atoms with Crippen LogP contribution >= 0.6 is 11.6 Å². The van der Waals surface area contributed by atoms with Crippen molar-refractivity contribution in [1.82, 2.24) is 0 Å². The SMILES string of the molecule is Cc1ccc(/C=N\C(C)c2ccccc2Cl)cc1. The van der Waals surface area contributed by atoms with E-state index in [2.05, 4.69) is 36.2 Å². The van der Waals surface area contributed by atoms with Gasteiger partial charge in [-0.05, 0) is 31.0 Å². The Morgan fingerprint density at radius 1 is 1.06 bits per heavy atom. The minimum atomic E-state index is 0.0694. The summed E-state index contributed by atoms with van der Waals surface area (Å²) in [4.78, 5) is 4.55. The molecule has 1 unspecified atom stereocenters. The summed E-state index contributed by atoms with van der Waals surface area (Å²) in [5, 5.41) is 0.769. The van der Waals surface area contributed by atoms with Crippen molar-refractivity contribution in [1.29, 1.82) is 0 Å². The fourth-order valence-electron chi connectivity index (χ4n) is 1.74. The maximum Gasteiger partial charge on any atom is 0.0735 e. The van der Waals surface area contributed by atoms with E-state index in [1.54, 1.807) is 0 Å². The van der Waals surface area contributed by atoms with Gasteiger partial charge in [-0.1, -0.05) is 59.6 Å². The Kier molecular flexibility index (Phi) is 4.16. The van der Waals surface area contributed by atoms with Gasteiger partial charge in [0.15, 0.2) is 0 Å². The molecule has 2 aromatic carbocycles. The summed E-state index contributed by atoms with van der Waals surface area (Å²) < 4.78 is 0. The first kappa shape index (κ1) is 12.8. The van der Waals surface area contributed by atoms with Crippen LogP contribution in [0.5, 0.6) is 0 Å². The maximum atomic E-state index is 6.15. The number of hydrogen-bond donors (Lipinski definition) is 0. The smallest absolute Gasteiger partial charge is 0.0735 e. The van der Waals surface area contributed by atoms with Gasteiger partial charge in [-0.2, -0.15) is 0 Å². The van der Waals surface area contributed by atoms with Gasteiger partial charge in [-0.3, -0.25) is 4.99 Å². The monoisotopic (exact) mass is 257 g/mol. The van der Waals surface area contributed by atoms with Gasteiger partial charge >= 0.3 is 0 Å². The second kappa shape index (κ2) is 5.83. The highest BCUT2D eigenvalue weighted by Gasteiger charge is 2.05. The Hall–Kier alpha value is -1.60. The molecule has 0 fully saturated rings. The molecule has 92 valence electrons. The van der Waals surface area contributed by atoms with E-state index >= 15 is 0 Å². The number of benzene rings is 2. The summed E-state index contributed by atoms with van der Waals surface area (Å²) >= 11 is 6.15. The largest absolute Gasteiger partial charge is 0.285 e. The van der Waals surface area contributed by atoms with Gasteiger partial charge in [0.05, 0.1) is 6.04 Å².